The zero-order valence-corrected chi connectivity index (χ0v) is 9.07. The van der Waals surface area contributed by atoms with Crippen LogP contribution in [0.3, 0.4) is 0 Å². The predicted octanol–water partition coefficient (Wildman–Crippen LogP) is 2.39. The molecular weight excluding hydrogens is 188 g/mol. The lowest BCUT2D eigenvalue weighted by Crippen LogP contribution is -2.03. The van der Waals surface area contributed by atoms with E-state index in [1.54, 1.807) is 12.1 Å². The predicted molar refractivity (Wildman–Crippen MR) is 61.9 cm³/mol. The molecule has 1 unspecified atom stereocenters. The summed E-state index contributed by atoms with van der Waals surface area (Å²) in [6, 6.07) is 5.40. The third kappa shape index (κ3) is 1.59. The summed E-state index contributed by atoms with van der Waals surface area (Å²) in [6.07, 6.45) is 2.06. The SMILES string of the molecule is CCn1cc(C(C)N)c2cc(O)ccc21. The molecule has 2 aromatic rings. The summed E-state index contributed by atoms with van der Waals surface area (Å²) < 4.78 is 2.15. The van der Waals surface area contributed by atoms with Crippen molar-refractivity contribution < 1.29 is 5.11 Å². The molecule has 1 aromatic carbocycles. The number of aromatic hydroxyl groups is 1. The molecule has 0 amide bonds. The van der Waals surface area contributed by atoms with Gasteiger partial charge >= 0.3 is 0 Å². The second-order valence-corrected chi connectivity index (χ2v) is 3.86. The van der Waals surface area contributed by atoms with Gasteiger partial charge in [-0.1, -0.05) is 0 Å². The van der Waals surface area contributed by atoms with Crippen LogP contribution < -0.4 is 5.73 Å². The van der Waals surface area contributed by atoms with Gasteiger partial charge in [-0.3, -0.25) is 0 Å². The van der Waals surface area contributed by atoms with E-state index in [4.69, 9.17) is 5.73 Å². The van der Waals surface area contributed by atoms with Crippen molar-refractivity contribution in [2.45, 2.75) is 26.4 Å². The molecule has 3 nitrogen and oxygen atoms in total. The molecule has 1 heterocycles. The Bertz CT molecular complexity index is 486. The summed E-state index contributed by atoms with van der Waals surface area (Å²) >= 11 is 0. The van der Waals surface area contributed by atoms with Gasteiger partial charge in [0.1, 0.15) is 5.75 Å². The molecule has 0 fully saturated rings. The highest BCUT2D eigenvalue weighted by molar-refractivity contribution is 5.85. The van der Waals surface area contributed by atoms with Crippen molar-refractivity contribution in [2.75, 3.05) is 0 Å². The van der Waals surface area contributed by atoms with Crippen molar-refractivity contribution in [2.24, 2.45) is 5.73 Å². The third-order valence-corrected chi connectivity index (χ3v) is 2.73. The molecule has 80 valence electrons. The van der Waals surface area contributed by atoms with Gasteiger partial charge in [-0.25, -0.2) is 0 Å². The Morgan fingerprint density at radius 3 is 2.80 bits per heavy atom. The van der Waals surface area contributed by atoms with E-state index in [9.17, 15) is 5.11 Å². The number of hydrogen-bond donors (Lipinski definition) is 2. The Kier molecular flexibility index (Phi) is 2.40. The summed E-state index contributed by atoms with van der Waals surface area (Å²) in [7, 11) is 0. The van der Waals surface area contributed by atoms with Crippen LogP contribution in [0.1, 0.15) is 25.5 Å². The molecule has 0 bridgehead atoms. The molecule has 1 atom stereocenters. The number of hydrogen-bond acceptors (Lipinski definition) is 2. The summed E-state index contributed by atoms with van der Waals surface area (Å²) in [5, 5.41) is 10.5. The first kappa shape index (κ1) is 10.1. The minimum atomic E-state index is -0.0119. The number of nitrogens with zero attached hydrogens (tertiary/aromatic N) is 1. The molecule has 0 radical (unpaired) electrons. The van der Waals surface area contributed by atoms with Crippen LogP contribution in [-0.2, 0) is 6.54 Å². The van der Waals surface area contributed by atoms with Gasteiger partial charge in [-0.15, -0.1) is 0 Å². The van der Waals surface area contributed by atoms with Crippen LogP contribution in [0.2, 0.25) is 0 Å². The third-order valence-electron chi connectivity index (χ3n) is 2.73. The maximum absolute atomic E-state index is 9.47. The average molecular weight is 204 g/mol. The lowest BCUT2D eigenvalue weighted by Gasteiger charge is -2.02. The van der Waals surface area contributed by atoms with Gasteiger partial charge in [0.2, 0.25) is 0 Å². The smallest absolute Gasteiger partial charge is 0.116 e. The van der Waals surface area contributed by atoms with E-state index < -0.39 is 0 Å². The van der Waals surface area contributed by atoms with Crippen LogP contribution in [0.4, 0.5) is 0 Å². The standard InChI is InChI=1S/C12H16N2O/c1-3-14-7-11(8(2)13)10-6-9(15)4-5-12(10)14/h4-8,15H,3,13H2,1-2H3. The van der Waals surface area contributed by atoms with Crippen LogP contribution in [-0.4, -0.2) is 9.67 Å². The van der Waals surface area contributed by atoms with E-state index in [1.807, 2.05) is 13.0 Å². The summed E-state index contributed by atoms with van der Waals surface area (Å²) in [5.74, 6) is 0.290. The van der Waals surface area contributed by atoms with Crippen molar-refractivity contribution in [1.82, 2.24) is 4.57 Å². The highest BCUT2D eigenvalue weighted by atomic mass is 16.3. The average Bonchev–Trinajstić information content (AvgIpc) is 2.55. The molecule has 15 heavy (non-hydrogen) atoms. The monoisotopic (exact) mass is 204 g/mol. The van der Waals surface area contributed by atoms with E-state index in [1.165, 1.54) is 0 Å². The largest absolute Gasteiger partial charge is 0.508 e. The van der Waals surface area contributed by atoms with E-state index >= 15 is 0 Å². The fourth-order valence-corrected chi connectivity index (χ4v) is 1.94. The van der Waals surface area contributed by atoms with E-state index in [2.05, 4.69) is 17.7 Å². The first-order chi connectivity index (χ1) is 7.13. The number of nitrogens with two attached hydrogens (primary N) is 1. The molecule has 3 N–H and O–H groups in total. The first-order valence-electron chi connectivity index (χ1n) is 5.20. The van der Waals surface area contributed by atoms with Crippen molar-refractivity contribution >= 4 is 10.9 Å². The van der Waals surface area contributed by atoms with Crippen molar-refractivity contribution in [3.63, 3.8) is 0 Å². The Hall–Kier alpha value is -1.48. The quantitative estimate of drug-likeness (QED) is 0.789. The second kappa shape index (κ2) is 3.59. The maximum atomic E-state index is 9.47. The number of aryl methyl sites for hydroxylation is 1. The van der Waals surface area contributed by atoms with E-state index in [0.717, 1.165) is 23.0 Å². The van der Waals surface area contributed by atoms with Crippen LogP contribution in [0, 0.1) is 0 Å². The Morgan fingerprint density at radius 1 is 1.47 bits per heavy atom. The summed E-state index contributed by atoms with van der Waals surface area (Å²) in [5.41, 5.74) is 8.12. The lowest BCUT2D eigenvalue weighted by molar-refractivity contribution is 0.476. The molecule has 0 saturated heterocycles. The normalized spacial score (nSPS) is 13.3. The number of benzene rings is 1. The van der Waals surface area contributed by atoms with Gasteiger partial charge in [-0.05, 0) is 37.6 Å². The van der Waals surface area contributed by atoms with Crippen LogP contribution in [0.25, 0.3) is 10.9 Å². The van der Waals surface area contributed by atoms with Crippen molar-refractivity contribution in [3.05, 3.63) is 30.0 Å². The lowest BCUT2D eigenvalue weighted by atomic mass is 10.1. The van der Waals surface area contributed by atoms with E-state index in [0.29, 0.717) is 5.75 Å². The highest BCUT2D eigenvalue weighted by Crippen LogP contribution is 2.28. The second-order valence-electron chi connectivity index (χ2n) is 3.86. The minimum absolute atomic E-state index is 0.0119. The van der Waals surface area contributed by atoms with Crippen molar-refractivity contribution in [1.29, 1.82) is 0 Å². The topological polar surface area (TPSA) is 51.2 Å². The number of phenolic OH excluding ortho intramolecular Hbond substituents is 1. The number of aromatic nitrogens is 1. The zero-order valence-electron chi connectivity index (χ0n) is 9.07. The van der Waals surface area contributed by atoms with Gasteiger partial charge in [0.05, 0.1) is 0 Å². The molecule has 0 aliphatic carbocycles. The van der Waals surface area contributed by atoms with Gasteiger partial charge in [0.25, 0.3) is 0 Å². The van der Waals surface area contributed by atoms with Crippen LogP contribution in [0.5, 0.6) is 5.75 Å². The first-order valence-corrected chi connectivity index (χ1v) is 5.20. The molecule has 0 spiro atoms. The molecule has 3 heteroatoms. The fraction of sp³-hybridized carbons (Fsp3) is 0.333. The molecule has 0 aliphatic heterocycles. The van der Waals surface area contributed by atoms with E-state index in [-0.39, 0.29) is 6.04 Å². The summed E-state index contributed by atoms with van der Waals surface area (Å²) in [4.78, 5) is 0. The Balaban J connectivity index is 2.76. The minimum Gasteiger partial charge on any atom is -0.508 e. The van der Waals surface area contributed by atoms with Gasteiger partial charge < -0.3 is 15.4 Å². The zero-order chi connectivity index (χ0) is 11.0. The summed E-state index contributed by atoms with van der Waals surface area (Å²) in [6.45, 7) is 4.96. The molecule has 0 saturated carbocycles. The number of phenols is 1. The molecule has 1 aromatic heterocycles. The molecule has 0 aliphatic rings. The number of fused-ring (bicyclic) bond motifs is 1. The van der Waals surface area contributed by atoms with Crippen LogP contribution in [0.15, 0.2) is 24.4 Å². The Labute approximate surface area is 89.1 Å². The molecular formula is C12H16N2O. The highest BCUT2D eigenvalue weighted by Gasteiger charge is 2.10. The van der Waals surface area contributed by atoms with Gasteiger partial charge in [0.15, 0.2) is 0 Å². The van der Waals surface area contributed by atoms with Crippen molar-refractivity contribution in [3.8, 4) is 5.75 Å². The van der Waals surface area contributed by atoms with Gasteiger partial charge in [-0.2, -0.15) is 0 Å². The van der Waals surface area contributed by atoms with Gasteiger partial charge in [0, 0.05) is 29.7 Å². The fourth-order valence-electron chi connectivity index (χ4n) is 1.94. The number of rotatable bonds is 2. The maximum Gasteiger partial charge on any atom is 0.116 e. The molecule has 2 rings (SSSR count). The Morgan fingerprint density at radius 2 is 2.20 bits per heavy atom. The van der Waals surface area contributed by atoms with Crippen LogP contribution >= 0.6 is 0 Å².